The number of ether oxygens (including phenoxy) is 13. The number of nitrogens with zero attached hydrogens (tertiary/aromatic N) is 1. The van der Waals surface area contributed by atoms with Gasteiger partial charge in [-0.1, -0.05) is 89.0 Å². The maximum atomic E-state index is 11.3. The summed E-state index contributed by atoms with van der Waals surface area (Å²) in [6, 6.07) is 3.67. The first kappa shape index (κ1) is 87.3. The van der Waals surface area contributed by atoms with Crippen LogP contribution in [-0.2, 0) is 107 Å². The first-order chi connectivity index (χ1) is 42.5. The summed E-state index contributed by atoms with van der Waals surface area (Å²) in [7, 11) is 0. The minimum Gasteiger partial charge on any atom is -0.463 e. The Morgan fingerprint density at radius 1 is 0.371 bits per heavy atom. The van der Waals surface area contributed by atoms with Crippen molar-refractivity contribution in [3.05, 3.63) is 68.1 Å². The van der Waals surface area contributed by atoms with E-state index in [1.54, 1.807) is 33.2 Å². The number of amides is 3. The highest BCUT2D eigenvalue weighted by Gasteiger charge is 2.16. The number of alkyl carbamates (subject to hydrolysis) is 3. The molecule has 0 saturated heterocycles. The van der Waals surface area contributed by atoms with Crippen LogP contribution in [0.15, 0.2) is 62.5 Å². The van der Waals surface area contributed by atoms with E-state index >= 15 is 0 Å². The molecule has 1 heterocycles. The number of hydrogen-bond acceptors (Lipinski definition) is 25. The second-order valence-corrected chi connectivity index (χ2v) is 18.3. The molecule has 5 unspecified atom stereocenters. The van der Waals surface area contributed by atoms with Crippen molar-refractivity contribution < 1.29 is 114 Å². The lowest BCUT2D eigenvalue weighted by Crippen LogP contribution is -2.29. The molecule has 0 saturated carbocycles. The molecule has 508 valence electrons. The summed E-state index contributed by atoms with van der Waals surface area (Å²) in [6.07, 6.45) is 8.19. The number of nitrogens with one attached hydrogen (secondary N) is 3. The fraction of sp³-hybridized carbons (Fsp3) is 0.639. The molecule has 0 aromatic carbocycles. The molecule has 5 atom stereocenters. The monoisotopic (exact) mass is 1270 g/mol. The Morgan fingerprint density at radius 2 is 0.629 bits per heavy atom. The molecule has 0 fully saturated rings. The molecule has 0 bridgehead atoms. The number of carbonyl (C=O) groups excluding carboxylic acids is 11. The third-order valence-electron chi connectivity index (χ3n) is 11.3. The highest BCUT2D eigenvalue weighted by atomic mass is 16.6. The molecule has 1 rings (SSSR count). The molecule has 1 aromatic rings. The predicted molar refractivity (Wildman–Crippen MR) is 324 cm³/mol. The molecule has 0 spiro atoms. The molecule has 3 N–H and O–H groups in total. The molecular formula is C61H100N4O24. The second-order valence-electron chi connectivity index (χ2n) is 18.3. The Balaban J connectivity index is -0.000000511. The smallest absolute Gasteiger partial charge is 0.407 e. The van der Waals surface area contributed by atoms with Crippen LogP contribution in [0.5, 0.6) is 0 Å². The number of aromatic nitrogens is 1. The van der Waals surface area contributed by atoms with Crippen LogP contribution in [0.2, 0.25) is 0 Å². The summed E-state index contributed by atoms with van der Waals surface area (Å²) in [5.41, 5.74) is 0.969. The van der Waals surface area contributed by atoms with Gasteiger partial charge >= 0.3 is 66.0 Å². The molecule has 0 radical (unpaired) electrons. The third-order valence-corrected chi connectivity index (χ3v) is 11.3. The molecule has 28 heteroatoms. The summed E-state index contributed by atoms with van der Waals surface area (Å²) < 4.78 is 63.2. The topological polar surface area (TPSA) is 357 Å². The average molecular weight is 1270 g/mol. The number of pyridine rings is 1. The van der Waals surface area contributed by atoms with E-state index < -0.39 is 36.2 Å². The highest BCUT2D eigenvalue weighted by Crippen LogP contribution is 2.08. The van der Waals surface area contributed by atoms with Crippen LogP contribution < -0.4 is 16.0 Å². The van der Waals surface area contributed by atoms with Gasteiger partial charge in [0.1, 0.15) is 72.7 Å². The fourth-order valence-electron chi connectivity index (χ4n) is 4.82. The minimum absolute atomic E-state index is 0.0159. The van der Waals surface area contributed by atoms with Crippen molar-refractivity contribution in [2.45, 2.75) is 115 Å². The van der Waals surface area contributed by atoms with Crippen molar-refractivity contribution >= 4 is 66.0 Å². The number of rotatable bonds is 40. The summed E-state index contributed by atoms with van der Waals surface area (Å²) in [5, 5.41) is 7.11. The van der Waals surface area contributed by atoms with Crippen LogP contribution in [0.25, 0.3) is 0 Å². The lowest BCUT2D eigenvalue weighted by molar-refractivity contribution is -0.150. The first-order valence-electron chi connectivity index (χ1n) is 29.5. The Bertz CT molecular complexity index is 1990. The molecule has 1 aromatic heterocycles. The quantitative estimate of drug-likeness (QED) is 0.0260. The van der Waals surface area contributed by atoms with Gasteiger partial charge in [-0.3, -0.25) is 29.0 Å². The Labute approximate surface area is 524 Å². The number of carbonyl (C=O) groups is 11. The van der Waals surface area contributed by atoms with E-state index in [1.165, 1.54) is 0 Å². The average Bonchev–Trinajstić information content (AvgIpc) is 3.59. The van der Waals surface area contributed by atoms with E-state index in [4.69, 9.17) is 47.4 Å². The maximum absolute atomic E-state index is 11.3. The zero-order valence-corrected chi connectivity index (χ0v) is 54.1. The zero-order chi connectivity index (χ0) is 68.0. The molecule has 0 aliphatic rings. The van der Waals surface area contributed by atoms with Gasteiger partial charge in [0.05, 0.1) is 69.0 Å². The van der Waals surface area contributed by atoms with Gasteiger partial charge in [-0.05, 0) is 56.7 Å². The van der Waals surface area contributed by atoms with Gasteiger partial charge in [-0.15, -0.1) is 0 Å². The highest BCUT2D eigenvalue weighted by molar-refractivity contribution is 5.82. The van der Waals surface area contributed by atoms with Gasteiger partial charge < -0.3 is 77.5 Å². The Hall–Kier alpha value is -8.14. The van der Waals surface area contributed by atoms with Crippen molar-refractivity contribution in [1.29, 1.82) is 0 Å². The largest absolute Gasteiger partial charge is 0.463 e. The summed E-state index contributed by atoms with van der Waals surface area (Å²) in [5.74, 6) is -3.42. The molecular weight excluding hydrogens is 1170 g/mol. The zero-order valence-electron chi connectivity index (χ0n) is 54.1. The minimum atomic E-state index is -0.667. The van der Waals surface area contributed by atoms with Crippen molar-refractivity contribution in [3.63, 3.8) is 0 Å². The van der Waals surface area contributed by atoms with Crippen molar-refractivity contribution in [1.82, 2.24) is 20.9 Å². The van der Waals surface area contributed by atoms with Crippen LogP contribution in [0.1, 0.15) is 114 Å². The van der Waals surface area contributed by atoms with Gasteiger partial charge in [0.2, 0.25) is 0 Å². The summed E-state index contributed by atoms with van der Waals surface area (Å²) >= 11 is 0. The van der Waals surface area contributed by atoms with Crippen molar-refractivity contribution in [2.24, 2.45) is 29.6 Å². The standard InChI is InChI=1S/3C13H21NO6.C11H15NO2.C11H22O4/c3*1-4-10(3)12(16)19-8-9-20-13(17)14-6-7-18-11(15)5-2;1-3-9(2)11(13)14-8-10-4-6-12-7-5-10;1-4-10(3)11(12)15-9-8-14-7-6-13-5-2/h3*5,10H,2,4,6-9H2,1,3H3,(H,14,17);4-7,9H,3,8H2,1-2H3;10H,4-9H2,1-3H3. The van der Waals surface area contributed by atoms with Gasteiger partial charge in [-0.2, -0.15) is 0 Å². The normalized spacial score (nSPS) is 11.5. The van der Waals surface area contributed by atoms with Crippen LogP contribution in [0.3, 0.4) is 0 Å². The SMILES string of the molecule is C=CC(=O)OCCNC(=O)OCCOC(=O)C(C)CC.C=CC(=O)OCCNC(=O)OCCOC(=O)C(C)CC.C=CC(=O)OCCNC(=O)OCCOC(=O)C(C)CC.CCC(C)C(=O)OCc1ccncc1.CCOCCOCCOC(=O)C(C)CC. The van der Waals surface area contributed by atoms with Crippen molar-refractivity contribution in [3.8, 4) is 0 Å². The Morgan fingerprint density at radius 3 is 0.910 bits per heavy atom. The molecule has 0 aliphatic heterocycles. The van der Waals surface area contributed by atoms with E-state index in [9.17, 15) is 52.7 Å². The van der Waals surface area contributed by atoms with E-state index in [-0.39, 0.29) is 139 Å². The molecule has 89 heavy (non-hydrogen) atoms. The van der Waals surface area contributed by atoms with E-state index in [2.05, 4.69) is 54.9 Å². The van der Waals surface area contributed by atoms with Gasteiger partial charge in [0, 0.05) is 37.2 Å². The molecule has 3 amide bonds. The third kappa shape index (κ3) is 57.4. The van der Waals surface area contributed by atoms with Crippen LogP contribution in [0.4, 0.5) is 14.4 Å². The lowest BCUT2D eigenvalue weighted by atomic mass is 10.1. The first-order valence-corrected chi connectivity index (χ1v) is 29.5. The summed E-state index contributed by atoms with van der Waals surface area (Å²) in [6.45, 7) is 33.6. The number of hydrogen-bond donors (Lipinski definition) is 3. The van der Waals surface area contributed by atoms with Crippen LogP contribution >= 0.6 is 0 Å². The molecule has 0 aliphatic carbocycles. The van der Waals surface area contributed by atoms with Crippen molar-refractivity contribution in [2.75, 3.05) is 112 Å². The maximum Gasteiger partial charge on any atom is 0.407 e. The van der Waals surface area contributed by atoms with E-state index in [0.717, 1.165) is 36.6 Å². The lowest BCUT2D eigenvalue weighted by Gasteiger charge is -2.10. The van der Waals surface area contributed by atoms with Crippen LogP contribution in [0, 0.1) is 29.6 Å². The predicted octanol–water partition coefficient (Wildman–Crippen LogP) is 6.89. The van der Waals surface area contributed by atoms with Gasteiger partial charge in [0.15, 0.2) is 0 Å². The number of esters is 8. The summed E-state index contributed by atoms with van der Waals surface area (Å²) in [4.78, 5) is 126. The Kier molecular flexibility index (Phi) is 60.3. The fourth-order valence-corrected chi connectivity index (χ4v) is 4.82. The second kappa shape index (κ2) is 61.5. The molecule has 28 nitrogen and oxygen atoms in total. The van der Waals surface area contributed by atoms with Gasteiger partial charge in [-0.25, -0.2) is 28.8 Å². The van der Waals surface area contributed by atoms with E-state index in [1.807, 2.05) is 67.5 Å². The van der Waals surface area contributed by atoms with Crippen LogP contribution in [-0.4, -0.2) is 183 Å². The van der Waals surface area contributed by atoms with Gasteiger partial charge in [0.25, 0.3) is 0 Å². The van der Waals surface area contributed by atoms with E-state index in [0.29, 0.717) is 58.9 Å².